The molecule has 3 aromatic rings. The lowest BCUT2D eigenvalue weighted by Crippen LogP contribution is -2.47. The fraction of sp³-hybridized carbons (Fsp3) is 0.316. The predicted octanol–water partition coefficient (Wildman–Crippen LogP) is 2.79. The monoisotopic (exact) mass is 434 g/mol. The van der Waals surface area contributed by atoms with E-state index in [9.17, 15) is 17.6 Å². The molecule has 1 saturated heterocycles. The number of anilines is 1. The Balaban J connectivity index is 1.74. The molecule has 0 saturated carbocycles. The maximum absolute atomic E-state index is 13.6. The summed E-state index contributed by atoms with van der Waals surface area (Å²) in [4.78, 5) is 23.5. The topological polar surface area (TPSA) is 83.5 Å². The van der Waals surface area contributed by atoms with Crippen LogP contribution in [0.3, 0.4) is 0 Å². The van der Waals surface area contributed by atoms with E-state index in [1.807, 2.05) is 6.07 Å². The van der Waals surface area contributed by atoms with Gasteiger partial charge >= 0.3 is 0 Å². The number of carbonyl (C=O) groups is 1. The minimum atomic E-state index is -3.51. The Bertz CT molecular complexity index is 1150. The Kier molecular flexibility index (Phi) is 5.32. The number of halogens is 1. The molecule has 0 N–H and O–H groups in total. The van der Waals surface area contributed by atoms with Gasteiger partial charge in [0.1, 0.15) is 11.9 Å². The summed E-state index contributed by atoms with van der Waals surface area (Å²) in [5.74, 6) is -0.715. The van der Waals surface area contributed by atoms with E-state index in [4.69, 9.17) is 0 Å². The van der Waals surface area contributed by atoms with E-state index in [0.717, 1.165) is 11.8 Å². The first kappa shape index (κ1) is 19.9. The predicted molar refractivity (Wildman–Crippen MR) is 110 cm³/mol. The van der Waals surface area contributed by atoms with E-state index >= 15 is 0 Å². The maximum atomic E-state index is 13.6. The molecule has 1 aliphatic rings. The molecule has 0 bridgehead atoms. The van der Waals surface area contributed by atoms with Gasteiger partial charge in [-0.15, -0.1) is 0 Å². The number of rotatable bonds is 5. The van der Waals surface area contributed by atoms with E-state index in [1.54, 1.807) is 24.5 Å². The highest BCUT2D eigenvalue weighted by atomic mass is 32.2. The molecule has 1 fully saturated rings. The number of nitrogens with zero attached hydrogens (tertiary/aromatic N) is 4. The third-order valence-corrected chi connectivity index (χ3v) is 7.14. The Morgan fingerprint density at radius 1 is 1.38 bits per heavy atom. The molecule has 0 unspecified atom stereocenters. The molecule has 29 heavy (non-hydrogen) atoms. The molecule has 1 amide bonds. The van der Waals surface area contributed by atoms with Gasteiger partial charge < -0.3 is 0 Å². The van der Waals surface area contributed by atoms with Gasteiger partial charge in [-0.1, -0.05) is 17.4 Å². The summed E-state index contributed by atoms with van der Waals surface area (Å²) in [5, 5.41) is 0.403. The molecule has 10 heteroatoms. The van der Waals surface area contributed by atoms with Crippen molar-refractivity contribution in [3.63, 3.8) is 0 Å². The number of aromatic nitrogens is 2. The molecule has 0 radical (unpaired) electrons. The first-order chi connectivity index (χ1) is 13.8. The third kappa shape index (κ3) is 4.14. The second-order valence-corrected chi connectivity index (χ2v) is 9.87. The minimum Gasteiger partial charge on any atom is -0.282 e. The van der Waals surface area contributed by atoms with Crippen LogP contribution in [0.4, 0.5) is 9.52 Å². The zero-order valence-electron chi connectivity index (χ0n) is 15.7. The van der Waals surface area contributed by atoms with Crippen LogP contribution in [0.25, 0.3) is 10.2 Å². The molecule has 1 aromatic carbocycles. The van der Waals surface area contributed by atoms with Crippen LogP contribution in [-0.4, -0.2) is 47.4 Å². The molecule has 1 aliphatic heterocycles. The Hall–Kier alpha value is -2.43. The van der Waals surface area contributed by atoms with Gasteiger partial charge in [0, 0.05) is 18.9 Å². The number of amides is 1. The molecule has 152 valence electrons. The van der Waals surface area contributed by atoms with E-state index in [0.29, 0.717) is 34.7 Å². The highest BCUT2D eigenvalue weighted by Gasteiger charge is 2.39. The van der Waals surface area contributed by atoms with Crippen LogP contribution in [0.2, 0.25) is 0 Å². The van der Waals surface area contributed by atoms with Crippen molar-refractivity contribution in [2.45, 2.75) is 25.4 Å². The van der Waals surface area contributed by atoms with E-state index in [2.05, 4.69) is 9.97 Å². The molecule has 1 atom stereocenters. The summed E-state index contributed by atoms with van der Waals surface area (Å²) < 4.78 is 39.7. The number of hydrogen-bond acceptors (Lipinski definition) is 6. The first-order valence-corrected chi connectivity index (χ1v) is 11.7. The van der Waals surface area contributed by atoms with Gasteiger partial charge in [-0.2, -0.15) is 4.31 Å². The standard InChI is InChI=1S/C19H19FN4O3S2/c1-29(26,27)24-9-3-5-16(24)18(25)23(12-13-4-2-8-21-11-13)19-22-15-7-6-14(20)10-17(15)28-19/h2,4,6-8,10-11,16H,3,5,9,12H2,1H3/t16-/m0/s1. The number of sulfonamides is 1. The molecular formula is C19H19FN4O3S2. The second-order valence-electron chi connectivity index (χ2n) is 6.93. The number of hydrogen-bond donors (Lipinski definition) is 0. The summed E-state index contributed by atoms with van der Waals surface area (Å²) in [6, 6.07) is 7.09. The molecule has 4 rings (SSSR count). The lowest BCUT2D eigenvalue weighted by atomic mass is 10.2. The smallest absolute Gasteiger partial charge is 0.247 e. The van der Waals surface area contributed by atoms with Crippen LogP contribution < -0.4 is 4.90 Å². The van der Waals surface area contributed by atoms with Crippen LogP contribution in [0.5, 0.6) is 0 Å². The third-order valence-electron chi connectivity index (χ3n) is 4.81. The van der Waals surface area contributed by atoms with Crippen molar-refractivity contribution in [2.75, 3.05) is 17.7 Å². The normalized spacial score (nSPS) is 17.7. The van der Waals surface area contributed by atoms with Crippen molar-refractivity contribution < 1.29 is 17.6 Å². The highest BCUT2D eigenvalue weighted by molar-refractivity contribution is 7.88. The number of carbonyl (C=O) groups excluding carboxylic acids is 1. The van der Waals surface area contributed by atoms with Crippen molar-refractivity contribution in [2.24, 2.45) is 0 Å². The average Bonchev–Trinajstić information content (AvgIpc) is 3.33. The van der Waals surface area contributed by atoms with Crippen molar-refractivity contribution in [3.05, 3.63) is 54.1 Å². The van der Waals surface area contributed by atoms with Gasteiger partial charge in [0.2, 0.25) is 15.9 Å². The van der Waals surface area contributed by atoms with Crippen molar-refractivity contribution >= 4 is 42.6 Å². The van der Waals surface area contributed by atoms with Gasteiger partial charge in [-0.3, -0.25) is 14.7 Å². The maximum Gasteiger partial charge on any atom is 0.247 e. The lowest BCUT2D eigenvalue weighted by Gasteiger charge is -2.27. The first-order valence-electron chi connectivity index (χ1n) is 9.06. The van der Waals surface area contributed by atoms with Crippen LogP contribution >= 0.6 is 11.3 Å². The van der Waals surface area contributed by atoms with Gasteiger partial charge in [-0.25, -0.2) is 17.8 Å². The van der Waals surface area contributed by atoms with Gasteiger partial charge in [-0.05, 0) is 42.7 Å². The highest BCUT2D eigenvalue weighted by Crippen LogP contribution is 2.32. The number of fused-ring (bicyclic) bond motifs is 1. The van der Waals surface area contributed by atoms with Crippen LogP contribution in [-0.2, 0) is 21.4 Å². The molecular weight excluding hydrogens is 415 g/mol. The summed E-state index contributed by atoms with van der Waals surface area (Å²) in [6.45, 7) is 0.518. The Morgan fingerprint density at radius 3 is 2.93 bits per heavy atom. The molecule has 0 aliphatic carbocycles. The number of benzene rings is 1. The lowest BCUT2D eigenvalue weighted by molar-refractivity contribution is -0.121. The van der Waals surface area contributed by atoms with Crippen molar-refractivity contribution in [1.82, 2.24) is 14.3 Å². The van der Waals surface area contributed by atoms with Crippen LogP contribution in [0, 0.1) is 5.82 Å². The zero-order chi connectivity index (χ0) is 20.6. The number of pyridine rings is 1. The molecule has 2 aromatic heterocycles. The van der Waals surface area contributed by atoms with Crippen molar-refractivity contribution in [3.8, 4) is 0 Å². The summed E-state index contributed by atoms with van der Waals surface area (Å²) in [7, 11) is -3.51. The Morgan fingerprint density at radius 2 is 2.21 bits per heavy atom. The molecule has 3 heterocycles. The van der Waals surface area contributed by atoms with Gasteiger partial charge in [0.15, 0.2) is 5.13 Å². The summed E-state index contributed by atoms with van der Waals surface area (Å²) in [6.07, 6.45) is 5.48. The zero-order valence-corrected chi connectivity index (χ0v) is 17.3. The summed E-state index contributed by atoms with van der Waals surface area (Å²) >= 11 is 1.20. The van der Waals surface area contributed by atoms with Crippen LogP contribution in [0.1, 0.15) is 18.4 Å². The van der Waals surface area contributed by atoms with Crippen molar-refractivity contribution in [1.29, 1.82) is 0 Å². The van der Waals surface area contributed by atoms with Gasteiger partial charge in [0.05, 0.1) is 23.0 Å². The van der Waals surface area contributed by atoms with Crippen LogP contribution in [0.15, 0.2) is 42.7 Å². The van der Waals surface area contributed by atoms with Gasteiger partial charge in [0.25, 0.3) is 0 Å². The fourth-order valence-electron chi connectivity index (χ4n) is 3.48. The van der Waals surface area contributed by atoms with E-state index < -0.39 is 16.1 Å². The number of thiazole rings is 1. The second kappa shape index (κ2) is 7.77. The van der Waals surface area contributed by atoms with E-state index in [-0.39, 0.29) is 18.3 Å². The largest absolute Gasteiger partial charge is 0.282 e. The van der Waals surface area contributed by atoms with E-state index in [1.165, 1.54) is 32.7 Å². The average molecular weight is 435 g/mol. The minimum absolute atomic E-state index is 0.197. The molecule has 0 spiro atoms. The molecule has 7 nitrogen and oxygen atoms in total. The SMILES string of the molecule is CS(=O)(=O)N1CCC[C@H]1C(=O)N(Cc1cccnc1)c1nc2ccc(F)cc2s1. The quantitative estimate of drug-likeness (QED) is 0.617. The fourth-order valence-corrected chi connectivity index (χ4v) is 5.59. The summed E-state index contributed by atoms with van der Waals surface area (Å²) in [5.41, 5.74) is 1.37. The Labute approximate surface area is 171 Å².